The number of rotatable bonds is 7. The fraction of sp³-hybridized carbons (Fsp3) is 0.238. The van der Waals surface area contributed by atoms with Gasteiger partial charge in [-0.25, -0.2) is 14.8 Å². The number of carbonyl (C=O) groups is 2. The van der Waals surface area contributed by atoms with E-state index in [1.54, 1.807) is 7.11 Å². The van der Waals surface area contributed by atoms with E-state index in [1.165, 1.54) is 6.92 Å². The number of anilines is 2. The molecule has 1 aromatic heterocycles. The highest BCUT2D eigenvalue weighted by molar-refractivity contribution is 5.91. The average Bonchev–Trinajstić information content (AvgIpc) is 2.76. The number of amides is 2. The lowest BCUT2D eigenvalue weighted by Crippen LogP contribution is -2.44. The number of benzene rings is 2. The summed E-state index contributed by atoms with van der Waals surface area (Å²) in [6.07, 6.45) is -1.26. The Hall–Kier alpha value is -3.88. The smallest absolute Gasteiger partial charge is 0.405 e. The molecule has 2 aromatic carbocycles. The number of nitrogens with zero attached hydrogens (tertiary/aromatic N) is 3. The Bertz CT molecular complexity index is 1050. The van der Waals surface area contributed by atoms with Crippen LogP contribution in [0.4, 0.5) is 16.3 Å². The summed E-state index contributed by atoms with van der Waals surface area (Å²) in [5.74, 6) is 1.40. The summed E-state index contributed by atoms with van der Waals surface area (Å²) in [5, 5.41) is 14.4. The van der Waals surface area contributed by atoms with Gasteiger partial charge >= 0.3 is 6.09 Å². The number of methoxy groups -OCH3 is 1. The maximum Gasteiger partial charge on any atom is 0.405 e. The van der Waals surface area contributed by atoms with Crippen molar-refractivity contribution in [3.63, 3.8) is 0 Å². The average molecular weight is 409 g/mol. The molecular weight excluding hydrogens is 386 g/mol. The Labute approximate surface area is 173 Å². The van der Waals surface area contributed by atoms with E-state index in [0.29, 0.717) is 11.6 Å². The largest absolute Gasteiger partial charge is 0.497 e. The Kier molecular flexibility index (Phi) is 6.31. The highest BCUT2D eigenvalue weighted by Crippen LogP contribution is 2.29. The SMILES string of the molecule is COc1ccc(N(C)c2nc(CNC(=O)[C@H](C)NC(=O)O)nc3ccccc23)cc1. The Morgan fingerprint density at radius 3 is 2.50 bits per heavy atom. The number of nitrogens with one attached hydrogen (secondary N) is 2. The topological polar surface area (TPSA) is 117 Å². The number of carbonyl (C=O) groups excluding carboxylic acids is 1. The van der Waals surface area contributed by atoms with E-state index in [4.69, 9.17) is 9.84 Å². The molecule has 9 nitrogen and oxygen atoms in total. The Morgan fingerprint density at radius 1 is 1.13 bits per heavy atom. The lowest BCUT2D eigenvalue weighted by atomic mass is 10.2. The molecule has 3 aromatic rings. The van der Waals surface area contributed by atoms with Crippen molar-refractivity contribution in [2.45, 2.75) is 19.5 Å². The fourth-order valence-corrected chi connectivity index (χ4v) is 2.94. The van der Waals surface area contributed by atoms with Gasteiger partial charge in [-0.15, -0.1) is 0 Å². The molecule has 0 bridgehead atoms. The van der Waals surface area contributed by atoms with Crippen molar-refractivity contribution in [3.05, 3.63) is 54.4 Å². The number of hydrogen-bond donors (Lipinski definition) is 3. The summed E-state index contributed by atoms with van der Waals surface area (Å²) in [6, 6.07) is 14.3. The van der Waals surface area contributed by atoms with E-state index in [2.05, 4.69) is 20.6 Å². The molecule has 0 aliphatic carbocycles. The monoisotopic (exact) mass is 409 g/mol. The number of ether oxygens (including phenoxy) is 1. The molecule has 0 saturated heterocycles. The second kappa shape index (κ2) is 9.08. The molecule has 0 aliphatic rings. The molecule has 0 radical (unpaired) electrons. The third-order valence-electron chi connectivity index (χ3n) is 4.56. The molecule has 0 unspecified atom stereocenters. The van der Waals surface area contributed by atoms with Gasteiger partial charge in [0.15, 0.2) is 5.82 Å². The van der Waals surface area contributed by atoms with Gasteiger partial charge in [-0.2, -0.15) is 0 Å². The van der Waals surface area contributed by atoms with Crippen molar-refractivity contribution in [3.8, 4) is 5.75 Å². The summed E-state index contributed by atoms with van der Waals surface area (Å²) >= 11 is 0. The van der Waals surface area contributed by atoms with Gasteiger partial charge in [0, 0.05) is 18.1 Å². The minimum atomic E-state index is -1.26. The van der Waals surface area contributed by atoms with Crippen molar-refractivity contribution in [2.24, 2.45) is 0 Å². The standard InChI is InChI=1S/C21H23N5O4/c1-13(23-21(28)29)20(27)22-12-18-24-17-7-5-4-6-16(17)19(25-18)26(2)14-8-10-15(30-3)11-9-14/h4-11,13,23H,12H2,1-3H3,(H,22,27)(H,28,29)/t13-/m0/s1. The number of aromatic nitrogens is 2. The van der Waals surface area contributed by atoms with Gasteiger partial charge in [-0.05, 0) is 43.3 Å². The first-order valence-corrected chi connectivity index (χ1v) is 9.29. The van der Waals surface area contributed by atoms with E-state index in [9.17, 15) is 9.59 Å². The van der Waals surface area contributed by atoms with Crippen LogP contribution in [0.1, 0.15) is 12.7 Å². The van der Waals surface area contributed by atoms with Gasteiger partial charge in [0.1, 0.15) is 17.6 Å². The first kappa shape index (κ1) is 20.8. The van der Waals surface area contributed by atoms with Crippen LogP contribution in [0.2, 0.25) is 0 Å². The van der Waals surface area contributed by atoms with Crippen LogP contribution in [0.3, 0.4) is 0 Å². The maximum atomic E-state index is 12.1. The number of fused-ring (bicyclic) bond motifs is 1. The summed E-state index contributed by atoms with van der Waals surface area (Å²) < 4.78 is 5.22. The predicted molar refractivity (Wildman–Crippen MR) is 113 cm³/mol. The Morgan fingerprint density at radius 2 is 1.83 bits per heavy atom. The summed E-state index contributed by atoms with van der Waals surface area (Å²) in [6.45, 7) is 1.53. The van der Waals surface area contributed by atoms with Gasteiger partial charge < -0.3 is 25.4 Å². The van der Waals surface area contributed by atoms with Crippen LogP contribution in [0.15, 0.2) is 48.5 Å². The van der Waals surface area contributed by atoms with Crippen LogP contribution in [-0.4, -0.2) is 47.3 Å². The molecule has 1 atom stereocenters. The van der Waals surface area contributed by atoms with E-state index >= 15 is 0 Å². The van der Waals surface area contributed by atoms with Crippen LogP contribution in [0.5, 0.6) is 5.75 Å². The lowest BCUT2D eigenvalue weighted by Gasteiger charge is -2.21. The normalized spacial score (nSPS) is 11.6. The molecule has 3 rings (SSSR count). The molecule has 1 heterocycles. The molecule has 3 N–H and O–H groups in total. The van der Waals surface area contributed by atoms with Crippen molar-refractivity contribution < 1.29 is 19.4 Å². The first-order chi connectivity index (χ1) is 14.4. The molecule has 2 amide bonds. The molecule has 30 heavy (non-hydrogen) atoms. The van der Waals surface area contributed by atoms with E-state index in [-0.39, 0.29) is 6.54 Å². The lowest BCUT2D eigenvalue weighted by molar-refractivity contribution is -0.122. The summed E-state index contributed by atoms with van der Waals surface area (Å²) in [5.41, 5.74) is 1.65. The van der Waals surface area contributed by atoms with E-state index < -0.39 is 18.0 Å². The van der Waals surface area contributed by atoms with Crippen molar-refractivity contribution in [2.75, 3.05) is 19.1 Å². The van der Waals surface area contributed by atoms with Crippen molar-refractivity contribution >= 4 is 34.4 Å². The second-order valence-corrected chi connectivity index (χ2v) is 6.63. The molecule has 0 fully saturated rings. The Balaban J connectivity index is 1.88. The summed E-state index contributed by atoms with van der Waals surface area (Å²) in [7, 11) is 3.52. The molecule has 9 heteroatoms. The van der Waals surface area contributed by atoms with Crippen LogP contribution in [0.25, 0.3) is 10.9 Å². The third-order valence-corrected chi connectivity index (χ3v) is 4.56. The van der Waals surface area contributed by atoms with Crippen LogP contribution >= 0.6 is 0 Å². The predicted octanol–water partition coefficient (Wildman–Crippen LogP) is 2.68. The van der Waals surface area contributed by atoms with Crippen LogP contribution in [-0.2, 0) is 11.3 Å². The zero-order valence-electron chi connectivity index (χ0n) is 16.9. The fourth-order valence-electron chi connectivity index (χ4n) is 2.94. The zero-order valence-corrected chi connectivity index (χ0v) is 16.9. The first-order valence-electron chi connectivity index (χ1n) is 9.29. The molecule has 0 spiro atoms. The van der Waals surface area contributed by atoms with Crippen molar-refractivity contribution in [1.29, 1.82) is 0 Å². The molecule has 0 saturated carbocycles. The zero-order chi connectivity index (χ0) is 21.7. The second-order valence-electron chi connectivity index (χ2n) is 6.63. The third kappa shape index (κ3) is 4.75. The summed E-state index contributed by atoms with van der Waals surface area (Å²) in [4.78, 5) is 33.9. The minimum absolute atomic E-state index is 0.0682. The van der Waals surface area contributed by atoms with Gasteiger partial charge in [0.25, 0.3) is 0 Å². The highest BCUT2D eigenvalue weighted by atomic mass is 16.5. The van der Waals surface area contributed by atoms with Gasteiger partial charge in [-0.3, -0.25) is 4.79 Å². The van der Waals surface area contributed by atoms with Gasteiger partial charge in [0.05, 0.1) is 19.2 Å². The van der Waals surface area contributed by atoms with Gasteiger partial charge in [0.2, 0.25) is 5.91 Å². The van der Waals surface area contributed by atoms with Crippen LogP contribution in [0, 0.1) is 0 Å². The molecule has 0 aliphatic heterocycles. The quantitative estimate of drug-likeness (QED) is 0.549. The number of carboxylic acid groups (broad SMARTS) is 1. The minimum Gasteiger partial charge on any atom is -0.497 e. The van der Waals surface area contributed by atoms with E-state index in [0.717, 1.165) is 22.3 Å². The van der Waals surface area contributed by atoms with Gasteiger partial charge in [-0.1, -0.05) is 12.1 Å². The maximum absolute atomic E-state index is 12.1. The number of para-hydroxylation sites is 1. The molecular formula is C21H23N5O4. The number of hydrogen-bond acceptors (Lipinski definition) is 6. The molecule has 156 valence electrons. The van der Waals surface area contributed by atoms with Crippen molar-refractivity contribution in [1.82, 2.24) is 20.6 Å². The van der Waals surface area contributed by atoms with E-state index in [1.807, 2.05) is 60.5 Å². The van der Waals surface area contributed by atoms with Crippen LogP contribution < -0.4 is 20.3 Å². The highest BCUT2D eigenvalue weighted by Gasteiger charge is 2.17.